The lowest BCUT2D eigenvalue weighted by Crippen LogP contribution is -2.50. The molecule has 0 spiro atoms. The average Bonchev–Trinajstić information content (AvgIpc) is 3.09. The van der Waals surface area contributed by atoms with Crippen LogP contribution in [0.25, 0.3) is 0 Å². The van der Waals surface area contributed by atoms with Crippen molar-refractivity contribution in [1.29, 1.82) is 0 Å². The maximum atomic E-state index is 12.6. The van der Waals surface area contributed by atoms with Gasteiger partial charge >= 0.3 is 0 Å². The molecule has 0 radical (unpaired) electrons. The third kappa shape index (κ3) is 5.06. The number of Topliss-reactive ketones (excluding diaryl/α,β-unsaturated/α-hetero) is 1. The molecule has 1 aliphatic heterocycles. The maximum absolute atomic E-state index is 12.6. The number of benzene rings is 1. The van der Waals surface area contributed by atoms with Gasteiger partial charge in [0, 0.05) is 37.4 Å². The van der Waals surface area contributed by atoms with E-state index in [0.717, 1.165) is 3.79 Å². The van der Waals surface area contributed by atoms with Crippen LogP contribution in [0.1, 0.15) is 17.3 Å². The fourth-order valence-corrected chi connectivity index (χ4v) is 6.50. The molecule has 0 unspecified atom stereocenters. The molecule has 0 saturated carbocycles. The SMILES string of the molecule is CC(=O)c1cccc(NC(=O)CN2CCN(S(=O)(=O)c3ccc(Br)s3)CC2)c1. The number of ketones is 1. The summed E-state index contributed by atoms with van der Waals surface area (Å²) >= 11 is 4.48. The number of sulfonamides is 1. The van der Waals surface area contributed by atoms with Crippen LogP contribution >= 0.6 is 27.3 Å². The lowest BCUT2D eigenvalue weighted by molar-refractivity contribution is -0.117. The van der Waals surface area contributed by atoms with E-state index in [-0.39, 0.29) is 18.2 Å². The first kappa shape index (κ1) is 21.1. The zero-order valence-electron chi connectivity index (χ0n) is 15.2. The van der Waals surface area contributed by atoms with Crippen LogP contribution in [-0.4, -0.2) is 62.0 Å². The molecule has 2 aromatic rings. The molecule has 0 aliphatic carbocycles. The standard InChI is InChI=1S/C18H20BrN3O4S2/c1-13(23)14-3-2-4-15(11-14)20-17(24)12-21-7-9-22(10-8-21)28(25,26)18-6-5-16(19)27-18/h2-6,11H,7-10,12H2,1H3,(H,20,24). The van der Waals surface area contributed by atoms with E-state index in [2.05, 4.69) is 21.2 Å². The van der Waals surface area contributed by atoms with Gasteiger partial charge in [-0.15, -0.1) is 11.3 Å². The molecule has 1 N–H and O–H groups in total. The Morgan fingerprint density at radius 3 is 2.46 bits per heavy atom. The van der Waals surface area contributed by atoms with E-state index < -0.39 is 10.0 Å². The number of nitrogens with one attached hydrogen (secondary N) is 1. The van der Waals surface area contributed by atoms with E-state index in [4.69, 9.17) is 0 Å². The van der Waals surface area contributed by atoms with E-state index in [9.17, 15) is 18.0 Å². The summed E-state index contributed by atoms with van der Waals surface area (Å²) in [6.07, 6.45) is 0. The maximum Gasteiger partial charge on any atom is 0.252 e. The monoisotopic (exact) mass is 485 g/mol. The second-order valence-electron chi connectivity index (χ2n) is 6.42. The number of piperazine rings is 1. The second-order valence-corrected chi connectivity index (χ2v) is 11.1. The first-order valence-corrected chi connectivity index (χ1v) is 11.7. The lowest BCUT2D eigenvalue weighted by Gasteiger charge is -2.33. The fourth-order valence-electron chi connectivity index (χ4n) is 2.91. The van der Waals surface area contributed by atoms with E-state index >= 15 is 0 Å². The third-order valence-corrected chi connectivity index (χ3v) is 8.38. The van der Waals surface area contributed by atoms with Crippen LogP contribution in [0.4, 0.5) is 5.69 Å². The number of halogens is 1. The van der Waals surface area contributed by atoms with Gasteiger partial charge in [-0.3, -0.25) is 14.5 Å². The van der Waals surface area contributed by atoms with E-state index in [1.807, 2.05) is 4.90 Å². The van der Waals surface area contributed by atoms with Crippen molar-refractivity contribution in [2.45, 2.75) is 11.1 Å². The Balaban J connectivity index is 1.53. The molecule has 0 atom stereocenters. The number of rotatable bonds is 6. The minimum atomic E-state index is -3.49. The van der Waals surface area contributed by atoms with Gasteiger partial charge in [0.05, 0.1) is 10.3 Å². The molecule has 150 valence electrons. The average molecular weight is 486 g/mol. The van der Waals surface area contributed by atoms with Crippen LogP contribution in [0.5, 0.6) is 0 Å². The van der Waals surface area contributed by atoms with Gasteiger partial charge in [0.15, 0.2) is 5.78 Å². The molecule has 1 aromatic heterocycles. The van der Waals surface area contributed by atoms with Crippen LogP contribution in [0, 0.1) is 0 Å². The number of carbonyl (C=O) groups excluding carboxylic acids is 2. The number of hydrogen-bond acceptors (Lipinski definition) is 6. The fraction of sp³-hybridized carbons (Fsp3) is 0.333. The highest BCUT2D eigenvalue weighted by Crippen LogP contribution is 2.28. The molecule has 2 heterocycles. The zero-order chi connectivity index (χ0) is 20.3. The first-order valence-electron chi connectivity index (χ1n) is 8.64. The van der Waals surface area contributed by atoms with Crippen LogP contribution in [0.2, 0.25) is 0 Å². The zero-order valence-corrected chi connectivity index (χ0v) is 18.4. The lowest BCUT2D eigenvalue weighted by atomic mass is 10.1. The van der Waals surface area contributed by atoms with Crippen LogP contribution < -0.4 is 5.32 Å². The smallest absolute Gasteiger partial charge is 0.252 e. The van der Waals surface area contributed by atoms with Crippen molar-refractivity contribution in [3.63, 3.8) is 0 Å². The van der Waals surface area contributed by atoms with E-state index in [0.29, 0.717) is 41.6 Å². The van der Waals surface area contributed by atoms with Crippen molar-refractivity contribution in [3.05, 3.63) is 45.7 Å². The van der Waals surface area contributed by atoms with Crippen LogP contribution in [0.15, 0.2) is 44.4 Å². The van der Waals surface area contributed by atoms with Gasteiger partial charge < -0.3 is 5.32 Å². The van der Waals surface area contributed by atoms with Gasteiger partial charge in [0.25, 0.3) is 10.0 Å². The summed E-state index contributed by atoms with van der Waals surface area (Å²) in [6.45, 7) is 3.28. The minimum absolute atomic E-state index is 0.0637. The van der Waals surface area contributed by atoms with Crippen molar-refractivity contribution in [2.75, 3.05) is 38.0 Å². The molecule has 1 saturated heterocycles. The summed E-state index contributed by atoms with van der Waals surface area (Å²) in [7, 11) is -3.49. The molecule has 10 heteroatoms. The summed E-state index contributed by atoms with van der Waals surface area (Å²) < 4.78 is 27.8. The predicted molar refractivity (Wildman–Crippen MR) is 112 cm³/mol. The Hall–Kier alpha value is -1.59. The summed E-state index contributed by atoms with van der Waals surface area (Å²) in [5.74, 6) is -0.259. The largest absolute Gasteiger partial charge is 0.325 e. The number of anilines is 1. The normalized spacial score (nSPS) is 16.1. The summed E-state index contributed by atoms with van der Waals surface area (Å²) in [5, 5.41) is 2.79. The van der Waals surface area contributed by atoms with Gasteiger partial charge in [-0.05, 0) is 47.1 Å². The van der Waals surface area contributed by atoms with Crippen molar-refractivity contribution in [3.8, 4) is 0 Å². The molecular formula is C18H20BrN3O4S2. The summed E-state index contributed by atoms with van der Waals surface area (Å²) in [4.78, 5) is 25.6. The Morgan fingerprint density at radius 1 is 1.14 bits per heavy atom. The van der Waals surface area contributed by atoms with Crippen molar-refractivity contribution in [2.24, 2.45) is 0 Å². The molecule has 0 bridgehead atoms. The molecule has 1 aliphatic rings. The minimum Gasteiger partial charge on any atom is -0.325 e. The topological polar surface area (TPSA) is 86.8 Å². The highest BCUT2D eigenvalue weighted by atomic mass is 79.9. The van der Waals surface area contributed by atoms with E-state index in [1.165, 1.54) is 22.6 Å². The van der Waals surface area contributed by atoms with Gasteiger partial charge in [-0.1, -0.05) is 12.1 Å². The molecule has 3 rings (SSSR count). The second kappa shape index (κ2) is 8.83. The number of thiophene rings is 1. The third-order valence-electron chi connectivity index (χ3n) is 4.39. The first-order chi connectivity index (χ1) is 13.3. The Kier molecular flexibility index (Phi) is 6.66. The van der Waals surface area contributed by atoms with Gasteiger partial charge in [-0.25, -0.2) is 8.42 Å². The number of nitrogens with zero attached hydrogens (tertiary/aromatic N) is 2. The Morgan fingerprint density at radius 2 is 1.86 bits per heavy atom. The number of hydrogen-bond donors (Lipinski definition) is 1. The molecule has 1 fully saturated rings. The number of carbonyl (C=O) groups is 2. The van der Waals surface area contributed by atoms with Crippen molar-refractivity contribution in [1.82, 2.24) is 9.21 Å². The Bertz CT molecular complexity index is 982. The molecule has 7 nitrogen and oxygen atoms in total. The molecule has 1 aromatic carbocycles. The predicted octanol–water partition coefficient (Wildman–Crippen LogP) is 2.66. The van der Waals surface area contributed by atoms with Gasteiger partial charge in [0.1, 0.15) is 4.21 Å². The summed E-state index contributed by atoms with van der Waals surface area (Å²) in [6, 6.07) is 10.1. The Labute approximate surface area is 176 Å². The highest BCUT2D eigenvalue weighted by Gasteiger charge is 2.30. The number of amides is 1. The van der Waals surface area contributed by atoms with Crippen LogP contribution in [0.3, 0.4) is 0 Å². The van der Waals surface area contributed by atoms with Crippen LogP contribution in [-0.2, 0) is 14.8 Å². The van der Waals surface area contributed by atoms with Crippen molar-refractivity contribution < 1.29 is 18.0 Å². The summed E-state index contributed by atoms with van der Waals surface area (Å²) in [5.41, 5.74) is 1.11. The molecule has 1 amide bonds. The quantitative estimate of drug-likeness (QED) is 0.635. The molecule has 28 heavy (non-hydrogen) atoms. The highest BCUT2D eigenvalue weighted by molar-refractivity contribution is 9.11. The molecular weight excluding hydrogens is 466 g/mol. The van der Waals surface area contributed by atoms with Gasteiger partial charge in [-0.2, -0.15) is 4.31 Å². The van der Waals surface area contributed by atoms with Gasteiger partial charge in [0.2, 0.25) is 5.91 Å². The van der Waals surface area contributed by atoms with Crippen molar-refractivity contribution >= 4 is 54.7 Å². The van der Waals surface area contributed by atoms with E-state index in [1.54, 1.807) is 36.4 Å².